The Labute approximate surface area is 153 Å². The summed E-state index contributed by atoms with van der Waals surface area (Å²) < 4.78 is 11.2. The van der Waals surface area contributed by atoms with Gasteiger partial charge in [0.2, 0.25) is 11.8 Å². The molecular weight excluding hydrogens is 358 g/mol. The maximum Gasteiger partial charge on any atom is 0.277 e. The zero-order valence-electron chi connectivity index (χ0n) is 12.9. The Morgan fingerprint density at radius 3 is 2.44 bits per heavy atom. The van der Waals surface area contributed by atoms with Crippen LogP contribution in [-0.4, -0.2) is 15.2 Å². The summed E-state index contributed by atoms with van der Waals surface area (Å²) in [7, 11) is 0. The average molecular weight is 370 g/mol. The van der Waals surface area contributed by atoms with Crippen molar-refractivity contribution in [3.8, 4) is 22.9 Å². The van der Waals surface area contributed by atoms with Gasteiger partial charge in [-0.25, -0.2) is 4.98 Å². The highest BCUT2D eigenvalue weighted by Crippen LogP contribution is 2.27. The van der Waals surface area contributed by atoms with Crippen LogP contribution < -0.4 is 0 Å². The molecule has 0 aliphatic rings. The summed E-state index contributed by atoms with van der Waals surface area (Å²) in [5.41, 5.74) is 2.58. The molecule has 2 aromatic heterocycles. The predicted molar refractivity (Wildman–Crippen MR) is 96.2 cm³/mol. The molecule has 0 fully saturated rings. The van der Waals surface area contributed by atoms with Gasteiger partial charge in [0.05, 0.1) is 5.69 Å². The van der Waals surface area contributed by atoms with Gasteiger partial charge in [0.15, 0.2) is 0 Å². The summed E-state index contributed by atoms with van der Waals surface area (Å²) in [6.45, 7) is 0. The molecule has 4 rings (SSSR count). The fraction of sp³-hybridized carbons (Fsp3) is 0.0556. The van der Waals surface area contributed by atoms with E-state index in [9.17, 15) is 0 Å². The highest BCUT2D eigenvalue weighted by Gasteiger charge is 2.11. The molecule has 5 nitrogen and oxygen atoms in total. The molecule has 0 spiro atoms. The lowest BCUT2D eigenvalue weighted by molar-refractivity contribution is 0.466. The Hall–Kier alpha value is -2.57. The van der Waals surface area contributed by atoms with Gasteiger partial charge in [-0.1, -0.05) is 41.6 Å². The van der Waals surface area contributed by atoms with Crippen LogP contribution >= 0.6 is 23.4 Å². The van der Waals surface area contributed by atoms with Crippen LogP contribution in [0.15, 0.2) is 74.9 Å². The monoisotopic (exact) mass is 369 g/mol. The van der Waals surface area contributed by atoms with Gasteiger partial charge in [-0.05, 0) is 36.4 Å². The summed E-state index contributed by atoms with van der Waals surface area (Å²) >= 11 is 7.31. The highest BCUT2D eigenvalue weighted by molar-refractivity contribution is 7.98. The second-order valence-corrected chi connectivity index (χ2v) is 6.54. The zero-order chi connectivity index (χ0) is 17.1. The molecule has 0 saturated heterocycles. The second kappa shape index (κ2) is 7.13. The van der Waals surface area contributed by atoms with Gasteiger partial charge in [-0.15, -0.1) is 10.2 Å². The summed E-state index contributed by atoms with van der Waals surface area (Å²) in [6, 6.07) is 17.0. The van der Waals surface area contributed by atoms with E-state index in [0.29, 0.717) is 27.8 Å². The maximum atomic E-state index is 5.89. The van der Waals surface area contributed by atoms with E-state index >= 15 is 0 Å². The number of thioether (sulfide) groups is 1. The standard InChI is InChI=1S/C18H12ClN3O2S/c19-14-8-6-13(7-9-14)16-20-15(10-23-16)11-25-18-22-21-17(24-18)12-4-2-1-3-5-12/h1-10H,11H2. The summed E-state index contributed by atoms with van der Waals surface area (Å²) in [6.07, 6.45) is 1.63. The van der Waals surface area contributed by atoms with E-state index in [1.807, 2.05) is 42.5 Å². The number of rotatable bonds is 5. The van der Waals surface area contributed by atoms with E-state index in [2.05, 4.69) is 15.2 Å². The number of oxazole rings is 1. The molecule has 0 bridgehead atoms. The first kappa shape index (κ1) is 15.9. The van der Waals surface area contributed by atoms with Crippen molar-refractivity contribution in [1.82, 2.24) is 15.2 Å². The zero-order valence-corrected chi connectivity index (χ0v) is 14.5. The molecule has 0 aliphatic carbocycles. The van der Waals surface area contributed by atoms with Crippen molar-refractivity contribution in [2.75, 3.05) is 0 Å². The van der Waals surface area contributed by atoms with Crippen molar-refractivity contribution in [3.05, 3.63) is 71.6 Å². The Morgan fingerprint density at radius 1 is 0.880 bits per heavy atom. The molecule has 0 saturated carbocycles. The highest BCUT2D eigenvalue weighted by atomic mass is 35.5. The van der Waals surface area contributed by atoms with Crippen LogP contribution in [0.1, 0.15) is 5.69 Å². The van der Waals surface area contributed by atoms with Crippen molar-refractivity contribution >= 4 is 23.4 Å². The first-order valence-electron chi connectivity index (χ1n) is 7.50. The fourth-order valence-corrected chi connectivity index (χ4v) is 2.97. The lowest BCUT2D eigenvalue weighted by atomic mass is 10.2. The number of hydrogen-bond donors (Lipinski definition) is 0. The van der Waals surface area contributed by atoms with Crippen molar-refractivity contribution in [2.45, 2.75) is 11.0 Å². The van der Waals surface area contributed by atoms with Gasteiger partial charge in [0.1, 0.15) is 6.26 Å². The minimum absolute atomic E-state index is 0.495. The number of hydrogen-bond acceptors (Lipinski definition) is 6. The quantitative estimate of drug-likeness (QED) is 0.442. The Bertz CT molecular complexity index is 967. The minimum atomic E-state index is 0.495. The van der Waals surface area contributed by atoms with Crippen molar-refractivity contribution in [2.24, 2.45) is 0 Å². The summed E-state index contributed by atoms with van der Waals surface area (Å²) in [5, 5.41) is 9.29. The molecule has 0 aliphatic heterocycles. The van der Waals surface area contributed by atoms with Gasteiger partial charge in [-0.2, -0.15) is 0 Å². The van der Waals surface area contributed by atoms with Crippen molar-refractivity contribution in [1.29, 1.82) is 0 Å². The predicted octanol–water partition coefficient (Wildman–Crippen LogP) is 5.34. The van der Waals surface area contributed by atoms with E-state index < -0.39 is 0 Å². The molecule has 0 N–H and O–H groups in total. The van der Waals surface area contributed by atoms with E-state index in [4.69, 9.17) is 20.4 Å². The maximum absolute atomic E-state index is 5.89. The summed E-state index contributed by atoms with van der Waals surface area (Å²) in [4.78, 5) is 4.47. The van der Waals surface area contributed by atoms with Gasteiger partial charge in [0.25, 0.3) is 5.22 Å². The average Bonchev–Trinajstić information content (AvgIpc) is 3.31. The third kappa shape index (κ3) is 3.75. The smallest absolute Gasteiger partial charge is 0.277 e. The van der Waals surface area contributed by atoms with Crippen LogP contribution in [0.25, 0.3) is 22.9 Å². The van der Waals surface area contributed by atoms with E-state index in [1.54, 1.807) is 18.4 Å². The Kier molecular flexibility index (Phi) is 4.54. The summed E-state index contributed by atoms with van der Waals surface area (Å²) in [5.74, 6) is 1.64. The van der Waals surface area contributed by atoms with E-state index in [1.165, 1.54) is 11.8 Å². The van der Waals surface area contributed by atoms with Gasteiger partial charge in [-0.3, -0.25) is 0 Å². The van der Waals surface area contributed by atoms with Crippen LogP contribution in [-0.2, 0) is 5.75 Å². The molecule has 0 radical (unpaired) electrons. The molecular formula is C18H12ClN3O2S. The van der Waals surface area contributed by atoms with Gasteiger partial charge < -0.3 is 8.83 Å². The molecule has 0 unspecified atom stereocenters. The lowest BCUT2D eigenvalue weighted by Crippen LogP contribution is -1.82. The van der Waals surface area contributed by atoms with Gasteiger partial charge >= 0.3 is 0 Å². The van der Waals surface area contributed by atoms with Crippen molar-refractivity contribution in [3.63, 3.8) is 0 Å². The number of halogens is 1. The first-order chi connectivity index (χ1) is 12.3. The number of aromatic nitrogens is 3. The third-order valence-electron chi connectivity index (χ3n) is 3.41. The van der Waals surface area contributed by atoms with Gasteiger partial charge in [0, 0.05) is 21.9 Å². The molecule has 4 aromatic rings. The number of benzene rings is 2. The SMILES string of the molecule is Clc1ccc(-c2nc(CSc3nnc(-c4ccccc4)o3)co2)cc1. The molecule has 7 heteroatoms. The van der Waals surface area contributed by atoms with Crippen LogP contribution in [0.5, 0.6) is 0 Å². The largest absolute Gasteiger partial charge is 0.444 e. The molecule has 2 heterocycles. The van der Waals surface area contributed by atoms with E-state index in [-0.39, 0.29) is 0 Å². The van der Waals surface area contributed by atoms with E-state index in [0.717, 1.165) is 16.8 Å². The molecule has 0 amide bonds. The van der Waals surface area contributed by atoms with Crippen LogP contribution in [0.4, 0.5) is 0 Å². The Morgan fingerprint density at radius 2 is 1.64 bits per heavy atom. The molecule has 0 atom stereocenters. The lowest BCUT2D eigenvalue weighted by Gasteiger charge is -1.95. The first-order valence-corrected chi connectivity index (χ1v) is 8.86. The Balaban J connectivity index is 1.42. The topological polar surface area (TPSA) is 65.0 Å². The molecule has 124 valence electrons. The minimum Gasteiger partial charge on any atom is -0.444 e. The van der Waals surface area contributed by atoms with Crippen LogP contribution in [0.2, 0.25) is 5.02 Å². The third-order valence-corrected chi connectivity index (χ3v) is 4.52. The van der Waals surface area contributed by atoms with Crippen LogP contribution in [0, 0.1) is 0 Å². The molecule has 2 aromatic carbocycles. The second-order valence-electron chi connectivity index (χ2n) is 5.18. The molecule has 25 heavy (non-hydrogen) atoms. The van der Waals surface area contributed by atoms with Crippen molar-refractivity contribution < 1.29 is 8.83 Å². The normalized spacial score (nSPS) is 10.9. The van der Waals surface area contributed by atoms with Crippen LogP contribution in [0.3, 0.4) is 0 Å². The fourth-order valence-electron chi connectivity index (χ4n) is 2.20. The number of nitrogens with zero attached hydrogens (tertiary/aromatic N) is 3.